The van der Waals surface area contributed by atoms with E-state index in [1.165, 1.54) is 16.0 Å². The molecule has 16 nitrogen and oxygen atoms in total. The van der Waals surface area contributed by atoms with Gasteiger partial charge >= 0.3 is 5.97 Å². The van der Waals surface area contributed by atoms with Crippen molar-refractivity contribution in [3.05, 3.63) is 83.7 Å². The molecule has 16 heteroatoms. The first-order valence-corrected chi connectivity index (χ1v) is 24.2. The number of rotatable bonds is 12. The van der Waals surface area contributed by atoms with Crippen LogP contribution >= 0.6 is 0 Å². The van der Waals surface area contributed by atoms with E-state index in [0.29, 0.717) is 57.5 Å². The van der Waals surface area contributed by atoms with Gasteiger partial charge in [-0.3, -0.25) is 34.0 Å². The smallest absolute Gasteiger partial charge is 0.324 e. The summed E-state index contributed by atoms with van der Waals surface area (Å²) in [5, 5.41) is 16.8. The highest BCUT2D eigenvalue weighted by atomic mass is 16.5. The number of fused-ring (bicyclic) bond motifs is 6. The lowest BCUT2D eigenvalue weighted by Crippen LogP contribution is -2.62. The zero-order chi connectivity index (χ0) is 49.7. The summed E-state index contributed by atoms with van der Waals surface area (Å²) in [5.41, 5.74) is 9.56. The third kappa shape index (κ3) is 11.5. The van der Waals surface area contributed by atoms with Gasteiger partial charge in [-0.25, -0.2) is 5.43 Å². The minimum Gasteiger partial charge on any atom is -0.508 e. The summed E-state index contributed by atoms with van der Waals surface area (Å²) in [4.78, 5) is 80.1. The topological polar surface area (TPSA) is 179 Å². The van der Waals surface area contributed by atoms with Crippen LogP contribution in [0.3, 0.4) is 0 Å². The van der Waals surface area contributed by atoms with Gasteiger partial charge in [0, 0.05) is 87.5 Å². The van der Waals surface area contributed by atoms with Crippen LogP contribution in [-0.4, -0.2) is 143 Å². The summed E-state index contributed by atoms with van der Waals surface area (Å²) in [5.74, 6) is -2.75. The fraction of sp³-hybridized carbons (Fsp3) is 0.509. The Kier molecular flexibility index (Phi) is 16.0. The molecule has 1 unspecified atom stereocenters. The second-order valence-corrected chi connectivity index (χ2v) is 20.2. The van der Waals surface area contributed by atoms with Gasteiger partial charge in [0.15, 0.2) is 0 Å². The maximum atomic E-state index is 14.8. The van der Waals surface area contributed by atoms with Gasteiger partial charge in [-0.15, -0.1) is 0 Å². The van der Waals surface area contributed by atoms with Gasteiger partial charge in [-0.2, -0.15) is 0 Å². The molecule has 3 N–H and O–H groups in total. The van der Waals surface area contributed by atoms with Crippen molar-refractivity contribution in [3.63, 3.8) is 0 Å². The number of carbonyl (C=O) groups is 5. The lowest BCUT2D eigenvalue weighted by molar-refractivity contribution is -0.155. The highest BCUT2D eigenvalue weighted by Gasteiger charge is 2.40. The molecule has 0 radical (unpaired) electrons. The van der Waals surface area contributed by atoms with Crippen molar-refractivity contribution in [2.24, 2.45) is 17.3 Å². The van der Waals surface area contributed by atoms with Crippen molar-refractivity contribution < 1.29 is 38.6 Å². The molecule has 2 aromatic heterocycles. The predicted octanol–water partition coefficient (Wildman–Crippen LogP) is 5.34. The number of likely N-dealkylation sites (N-methyl/N-ethyl adjacent to an activating group) is 2. The molecule has 0 saturated carbocycles. The van der Waals surface area contributed by atoms with Gasteiger partial charge in [-0.05, 0) is 111 Å². The third-order valence-electron chi connectivity index (χ3n) is 13.5. The summed E-state index contributed by atoms with van der Waals surface area (Å²) in [6.07, 6.45) is 7.04. The van der Waals surface area contributed by atoms with E-state index >= 15 is 0 Å². The first kappa shape index (κ1) is 50.8. The van der Waals surface area contributed by atoms with E-state index in [9.17, 15) is 29.1 Å². The number of cyclic esters (lactones) is 1. The van der Waals surface area contributed by atoms with Gasteiger partial charge in [0.05, 0.1) is 30.5 Å². The second kappa shape index (κ2) is 21.7. The number of esters is 1. The molecular weight excluding hydrogens is 877 g/mol. The van der Waals surface area contributed by atoms with E-state index in [4.69, 9.17) is 14.5 Å². The van der Waals surface area contributed by atoms with Crippen molar-refractivity contribution in [1.29, 1.82) is 0 Å². The number of methoxy groups -OCH3 is 1. The molecule has 2 saturated heterocycles. The number of pyridine rings is 1. The van der Waals surface area contributed by atoms with Gasteiger partial charge in [0.25, 0.3) is 5.91 Å². The molecule has 3 aliphatic heterocycles. The highest BCUT2D eigenvalue weighted by molar-refractivity contribution is 5.96. The number of carbonyl (C=O) groups excluding carboxylic acids is 5. The molecule has 370 valence electrons. The lowest BCUT2D eigenvalue weighted by Gasteiger charge is -2.37. The number of ether oxygens (including phenoxy) is 2. The van der Waals surface area contributed by atoms with Crippen molar-refractivity contribution in [1.82, 2.24) is 40.0 Å². The maximum absolute atomic E-state index is 14.8. The number of benzene rings is 2. The Bertz CT molecular complexity index is 2580. The number of aromatic nitrogens is 2. The minimum atomic E-state index is -1.17. The van der Waals surface area contributed by atoms with E-state index in [1.807, 2.05) is 51.0 Å². The first-order valence-electron chi connectivity index (χ1n) is 24.2. The number of phenolic OH excluding ortho intramolecular Hbond substituents is 1. The molecule has 0 spiro atoms. The molecule has 7 rings (SSSR count). The number of aromatic hydroxyl groups is 1. The van der Waals surface area contributed by atoms with Crippen LogP contribution < -0.4 is 10.7 Å². The van der Waals surface area contributed by atoms with E-state index in [2.05, 4.69) is 54.3 Å². The van der Waals surface area contributed by atoms with Crippen molar-refractivity contribution in [2.45, 2.75) is 98.0 Å². The van der Waals surface area contributed by atoms with E-state index < -0.39 is 47.2 Å². The van der Waals surface area contributed by atoms with Crippen LogP contribution in [0.15, 0.2) is 66.9 Å². The van der Waals surface area contributed by atoms with Gasteiger partial charge in [0.1, 0.15) is 23.9 Å². The van der Waals surface area contributed by atoms with Crippen LogP contribution in [-0.2, 0) is 59.4 Å². The van der Waals surface area contributed by atoms with Crippen LogP contribution in [0, 0.1) is 17.3 Å². The summed E-state index contributed by atoms with van der Waals surface area (Å²) < 4.78 is 14.0. The zero-order valence-corrected chi connectivity index (χ0v) is 41.7. The molecule has 0 aliphatic carbocycles. The van der Waals surface area contributed by atoms with Crippen molar-refractivity contribution in [2.75, 3.05) is 61.0 Å². The molecule has 2 aromatic carbocycles. The SMILES string of the molecule is CCn1c(-c2cccnc2COC)c2c3cc(ccc31)-c1cc(O)cc(c1)C[C@H](NC(=O)C(C(C)C)N(C)C(=O)[C@H]1CCN(C(=O)/C=C/CN(C)C)C1)C(=O)N1CCC[C@H](N1)C(=O)OCC(C)(C)C2. The van der Waals surface area contributed by atoms with Crippen LogP contribution in [0.1, 0.15) is 70.7 Å². The Morgan fingerprint density at radius 1 is 1.06 bits per heavy atom. The summed E-state index contributed by atoms with van der Waals surface area (Å²) in [7, 11) is 7.08. The number of nitrogens with one attached hydrogen (secondary N) is 2. The number of hydrazine groups is 1. The fourth-order valence-electron chi connectivity index (χ4n) is 10.2. The fourth-order valence-corrected chi connectivity index (χ4v) is 10.2. The molecule has 4 aromatic rings. The second-order valence-electron chi connectivity index (χ2n) is 20.2. The predicted molar refractivity (Wildman–Crippen MR) is 264 cm³/mol. The number of phenols is 1. The molecule has 4 atom stereocenters. The van der Waals surface area contributed by atoms with Crippen LogP contribution in [0.5, 0.6) is 5.75 Å². The Hall–Kier alpha value is -6.10. The minimum absolute atomic E-state index is 0.00982. The van der Waals surface area contributed by atoms with Crippen LogP contribution in [0.25, 0.3) is 33.3 Å². The number of amides is 4. The van der Waals surface area contributed by atoms with E-state index in [1.54, 1.807) is 43.5 Å². The monoisotopic (exact) mass is 947 g/mol. The Labute approximate surface area is 406 Å². The summed E-state index contributed by atoms with van der Waals surface area (Å²) in [6, 6.07) is 12.5. The number of nitrogens with zero attached hydrogens (tertiary/aromatic N) is 6. The summed E-state index contributed by atoms with van der Waals surface area (Å²) >= 11 is 0. The van der Waals surface area contributed by atoms with Crippen LogP contribution in [0.2, 0.25) is 0 Å². The average Bonchev–Trinajstić information content (AvgIpc) is 3.93. The Morgan fingerprint density at radius 2 is 1.84 bits per heavy atom. The maximum Gasteiger partial charge on any atom is 0.324 e. The Balaban J connectivity index is 1.25. The van der Waals surface area contributed by atoms with Crippen molar-refractivity contribution in [3.8, 4) is 28.1 Å². The normalized spacial score (nSPS) is 20.4. The van der Waals surface area contributed by atoms with Crippen molar-refractivity contribution >= 4 is 40.5 Å². The van der Waals surface area contributed by atoms with Gasteiger partial charge < -0.3 is 39.2 Å². The molecule has 69 heavy (non-hydrogen) atoms. The zero-order valence-electron chi connectivity index (χ0n) is 41.7. The lowest BCUT2D eigenvalue weighted by atomic mass is 9.84. The first-order chi connectivity index (χ1) is 32.9. The highest BCUT2D eigenvalue weighted by Crippen LogP contribution is 2.41. The molecule has 3 aliphatic rings. The third-order valence-corrected chi connectivity index (χ3v) is 13.5. The number of aryl methyl sites for hydroxylation is 1. The quantitative estimate of drug-likeness (QED) is 0.123. The Morgan fingerprint density at radius 3 is 2.57 bits per heavy atom. The largest absolute Gasteiger partial charge is 0.508 e. The van der Waals surface area contributed by atoms with E-state index in [-0.39, 0.29) is 49.6 Å². The average molecular weight is 947 g/mol. The number of hydrogen-bond donors (Lipinski definition) is 3. The van der Waals surface area contributed by atoms with Crippen LogP contribution in [0.4, 0.5) is 0 Å². The molecular formula is C53H70N8O8. The summed E-state index contributed by atoms with van der Waals surface area (Å²) in [6.45, 7) is 12.6. The molecule has 6 bridgehead atoms. The van der Waals surface area contributed by atoms with E-state index in [0.717, 1.165) is 44.5 Å². The number of likely N-dealkylation sites (tertiary alicyclic amines) is 1. The standard InChI is InChI=1S/C53H70N8O8/c1-10-60-45-18-17-35-28-40(45)41(48(60)39-14-11-20-54-44(39)31-68-9)29-53(4,5)32-69-52(67)42-15-12-22-61(56-42)51(66)43(26-34-24-37(35)27-38(62)25-34)55-49(64)47(33(2)3)58(8)50(65)36-19-23-59(30-36)46(63)16-13-21-57(6)7/h11,13-14,16-18,20,24-25,27-28,33,36,42-43,47,56,62H,10,12,15,19,21-23,26,29-32H2,1-9H3,(H,55,64)/b16-13+/t36-,42-,43-,47?/m0/s1. The van der Waals surface area contributed by atoms with Gasteiger partial charge in [-0.1, -0.05) is 45.9 Å². The van der Waals surface area contributed by atoms with Gasteiger partial charge in [0.2, 0.25) is 17.7 Å². The molecule has 4 amide bonds. The molecule has 2 fully saturated rings. The molecule has 5 heterocycles. The number of hydrogen-bond acceptors (Lipinski definition) is 11.